The summed E-state index contributed by atoms with van der Waals surface area (Å²) >= 11 is 0. The van der Waals surface area contributed by atoms with Crippen LogP contribution in [0.3, 0.4) is 0 Å². The zero-order chi connectivity index (χ0) is 19.3. The molecule has 0 aliphatic carbocycles. The van der Waals surface area contributed by atoms with E-state index in [9.17, 15) is 9.59 Å². The fourth-order valence-corrected chi connectivity index (χ4v) is 1.63. The Morgan fingerprint density at radius 2 is 1.32 bits per heavy atom. The van der Waals surface area contributed by atoms with E-state index in [1.165, 1.54) is 12.2 Å². The Balaban J connectivity index is 4.06. The Hall–Kier alpha value is -2.02. The van der Waals surface area contributed by atoms with E-state index in [-0.39, 0.29) is 19.8 Å². The van der Waals surface area contributed by atoms with Crippen LogP contribution < -0.4 is 0 Å². The van der Waals surface area contributed by atoms with Crippen molar-refractivity contribution in [3.8, 4) is 0 Å². The van der Waals surface area contributed by atoms with Crippen LogP contribution >= 0.6 is 0 Å². The minimum Gasteiger partial charge on any atom is -0.434 e. The molecule has 0 rings (SSSR count). The molecule has 0 bridgehead atoms. The summed E-state index contributed by atoms with van der Waals surface area (Å²) in [5.41, 5.74) is -1.22. The van der Waals surface area contributed by atoms with Gasteiger partial charge >= 0.3 is 12.3 Å². The van der Waals surface area contributed by atoms with Crippen molar-refractivity contribution in [2.24, 2.45) is 0 Å². The van der Waals surface area contributed by atoms with E-state index in [0.717, 1.165) is 0 Å². The largest absolute Gasteiger partial charge is 0.509 e. The maximum absolute atomic E-state index is 11.5. The second kappa shape index (κ2) is 11.5. The Morgan fingerprint density at radius 1 is 0.800 bits per heavy atom. The van der Waals surface area contributed by atoms with Gasteiger partial charge < -0.3 is 23.7 Å². The molecule has 0 aliphatic rings. The molecule has 0 saturated heterocycles. The zero-order valence-electron chi connectivity index (χ0n) is 15.7. The van der Waals surface area contributed by atoms with Crippen LogP contribution in [0, 0.1) is 0 Å². The van der Waals surface area contributed by atoms with Crippen molar-refractivity contribution in [3.05, 3.63) is 25.3 Å². The third kappa shape index (κ3) is 13.0. The summed E-state index contributed by atoms with van der Waals surface area (Å²) in [5, 5.41) is 0. The fourth-order valence-electron chi connectivity index (χ4n) is 1.63. The summed E-state index contributed by atoms with van der Waals surface area (Å²) in [5.74, 6) is 0. The predicted octanol–water partition coefficient (Wildman–Crippen LogP) is 4.02. The van der Waals surface area contributed by atoms with Gasteiger partial charge in [-0.05, 0) is 27.7 Å². The smallest absolute Gasteiger partial charge is 0.434 e. The first-order chi connectivity index (χ1) is 11.6. The molecular formula is C18H30O7. The number of carbonyl (C=O) groups is 2. The average molecular weight is 358 g/mol. The number of hydrogen-bond acceptors (Lipinski definition) is 7. The Bertz CT molecular complexity index is 441. The van der Waals surface area contributed by atoms with Gasteiger partial charge in [-0.2, -0.15) is 0 Å². The molecule has 0 aliphatic heterocycles. The number of ether oxygens (including phenoxy) is 5. The van der Waals surface area contributed by atoms with E-state index in [1.807, 2.05) is 13.8 Å². The maximum atomic E-state index is 11.5. The fraction of sp³-hybridized carbons (Fsp3) is 0.667. The molecule has 0 spiro atoms. The average Bonchev–Trinajstić information content (AvgIpc) is 2.49. The molecule has 0 heterocycles. The van der Waals surface area contributed by atoms with Gasteiger partial charge in [-0.3, -0.25) is 0 Å². The van der Waals surface area contributed by atoms with Crippen LogP contribution in [0.5, 0.6) is 0 Å². The lowest BCUT2D eigenvalue weighted by atomic mass is 10.0. The lowest BCUT2D eigenvalue weighted by Crippen LogP contribution is -2.33. The Kier molecular flexibility index (Phi) is 10.6. The Morgan fingerprint density at radius 3 is 1.88 bits per heavy atom. The third-order valence-electron chi connectivity index (χ3n) is 3.12. The van der Waals surface area contributed by atoms with Crippen LogP contribution in [0.15, 0.2) is 25.3 Å². The molecule has 0 amide bonds. The lowest BCUT2D eigenvalue weighted by Gasteiger charge is -2.29. The molecular weight excluding hydrogens is 328 g/mol. The number of carbonyl (C=O) groups excluding carboxylic acids is 2. The van der Waals surface area contributed by atoms with Crippen molar-refractivity contribution in [1.82, 2.24) is 0 Å². The van der Waals surface area contributed by atoms with Crippen molar-refractivity contribution in [1.29, 1.82) is 0 Å². The highest BCUT2D eigenvalue weighted by atomic mass is 16.7. The minimum absolute atomic E-state index is 0.105. The molecule has 0 atom stereocenters. The van der Waals surface area contributed by atoms with Gasteiger partial charge in [-0.1, -0.05) is 25.3 Å². The van der Waals surface area contributed by atoms with Crippen molar-refractivity contribution in [2.75, 3.05) is 26.4 Å². The highest BCUT2D eigenvalue weighted by molar-refractivity contribution is 5.60. The van der Waals surface area contributed by atoms with Crippen LogP contribution in [0.2, 0.25) is 0 Å². The Labute approximate surface area is 149 Å². The highest BCUT2D eigenvalue weighted by Gasteiger charge is 2.26. The van der Waals surface area contributed by atoms with Crippen molar-refractivity contribution in [3.63, 3.8) is 0 Å². The van der Waals surface area contributed by atoms with Gasteiger partial charge in [0.2, 0.25) is 0 Å². The molecule has 25 heavy (non-hydrogen) atoms. The normalized spacial score (nSPS) is 11.4. The molecule has 0 aromatic carbocycles. The van der Waals surface area contributed by atoms with E-state index >= 15 is 0 Å². The minimum atomic E-state index is -0.740. The second-order valence-electron chi connectivity index (χ2n) is 6.52. The summed E-state index contributed by atoms with van der Waals surface area (Å²) in [7, 11) is 0. The summed E-state index contributed by atoms with van der Waals surface area (Å²) in [6.07, 6.45) is 2.44. The van der Waals surface area contributed by atoms with E-state index in [0.29, 0.717) is 19.4 Å². The lowest BCUT2D eigenvalue weighted by molar-refractivity contribution is -0.0699. The van der Waals surface area contributed by atoms with Crippen LogP contribution in [-0.2, 0) is 23.7 Å². The number of rotatable bonds is 12. The molecule has 0 N–H and O–H groups in total. The molecule has 0 aromatic heterocycles. The first-order valence-corrected chi connectivity index (χ1v) is 8.13. The van der Waals surface area contributed by atoms with Crippen molar-refractivity contribution < 1.29 is 33.3 Å². The monoisotopic (exact) mass is 358 g/mol. The predicted molar refractivity (Wildman–Crippen MR) is 93.5 cm³/mol. The molecule has 7 heteroatoms. The van der Waals surface area contributed by atoms with Crippen LogP contribution in [0.4, 0.5) is 9.59 Å². The SMILES string of the molecule is C=CCOC(=O)OCCC(C)(C)OCCC(C)(C)OC(=O)OCC=C. The van der Waals surface area contributed by atoms with Crippen LogP contribution in [0.25, 0.3) is 0 Å². The molecule has 0 fully saturated rings. The van der Waals surface area contributed by atoms with Gasteiger partial charge in [0.05, 0.1) is 18.8 Å². The van der Waals surface area contributed by atoms with E-state index in [1.54, 1.807) is 13.8 Å². The first kappa shape index (κ1) is 23.0. The molecule has 0 saturated carbocycles. The van der Waals surface area contributed by atoms with Crippen LogP contribution in [0.1, 0.15) is 40.5 Å². The zero-order valence-corrected chi connectivity index (χ0v) is 15.7. The molecule has 144 valence electrons. The summed E-state index contributed by atoms with van der Waals surface area (Å²) in [6.45, 7) is 15.0. The van der Waals surface area contributed by atoms with Gasteiger partial charge in [0.25, 0.3) is 0 Å². The first-order valence-electron chi connectivity index (χ1n) is 8.13. The van der Waals surface area contributed by atoms with Gasteiger partial charge in [0, 0.05) is 12.8 Å². The van der Waals surface area contributed by atoms with Gasteiger partial charge in [0.15, 0.2) is 0 Å². The number of hydrogen-bond donors (Lipinski definition) is 0. The molecule has 7 nitrogen and oxygen atoms in total. The van der Waals surface area contributed by atoms with E-state index < -0.39 is 23.5 Å². The molecule has 0 aromatic rings. The van der Waals surface area contributed by atoms with E-state index in [2.05, 4.69) is 13.2 Å². The summed E-state index contributed by atoms with van der Waals surface area (Å²) in [6, 6.07) is 0. The molecule has 0 unspecified atom stereocenters. The van der Waals surface area contributed by atoms with Gasteiger partial charge in [-0.15, -0.1) is 0 Å². The van der Waals surface area contributed by atoms with Crippen molar-refractivity contribution in [2.45, 2.75) is 51.7 Å². The topological polar surface area (TPSA) is 80.3 Å². The van der Waals surface area contributed by atoms with Gasteiger partial charge in [0.1, 0.15) is 18.8 Å². The van der Waals surface area contributed by atoms with Crippen LogP contribution in [-0.4, -0.2) is 49.9 Å². The second-order valence-corrected chi connectivity index (χ2v) is 6.52. The highest BCUT2D eigenvalue weighted by Crippen LogP contribution is 2.20. The quantitative estimate of drug-likeness (QED) is 0.385. The van der Waals surface area contributed by atoms with Crippen molar-refractivity contribution >= 4 is 12.3 Å². The summed E-state index contributed by atoms with van der Waals surface area (Å²) in [4.78, 5) is 22.7. The standard InChI is InChI=1S/C18H30O7/c1-7-11-21-15(19)23-13-9-17(3,4)24-14-10-18(5,6)25-16(20)22-12-8-2/h7-8H,1-2,9-14H2,3-6H3. The van der Waals surface area contributed by atoms with E-state index in [4.69, 9.17) is 23.7 Å². The maximum Gasteiger partial charge on any atom is 0.509 e. The third-order valence-corrected chi connectivity index (χ3v) is 3.12. The van der Waals surface area contributed by atoms with Gasteiger partial charge in [-0.25, -0.2) is 9.59 Å². The summed E-state index contributed by atoms with van der Waals surface area (Å²) < 4.78 is 25.5. The molecule has 0 radical (unpaired) electrons.